The first-order valence-corrected chi connectivity index (χ1v) is 11.2. The van der Waals surface area contributed by atoms with Crippen molar-refractivity contribution in [3.8, 4) is 11.1 Å². The van der Waals surface area contributed by atoms with Gasteiger partial charge in [0.15, 0.2) is 0 Å². The standard InChI is InChI=1S/C26H26FN3O3/c1-15(16-7-3-2-4-8-16)28-25(32)23-19(14-31)21-13-30-22(24(23)29-21)12-11-18(26(30)33)17-9-5-6-10-20(17)27/h2-12,15,19,21,23-24,29,31H,13-14H2,1H3,(H,28,32)/t15-,19+,21+,23-,24-/m0/s1. The van der Waals surface area contributed by atoms with E-state index >= 15 is 0 Å². The molecule has 33 heavy (non-hydrogen) atoms. The largest absolute Gasteiger partial charge is 0.396 e. The minimum absolute atomic E-state index is 0.163. The first-order valence-electron chi connectivity index (χ1n) is 11.2. The van der Waals surface area contributed by atoms with Crippen LogP contribution in [0.1, 0.15) is 30.3 Å². The Balaban J connectivity index is 1.49. The van der Waals surface area contributed by atoms with Crippen molar-refractivity contribution in [1.29, 1.82) is 0 Å². The number of amides is 1. The maximum Gasteiger partial charge on any atom is 0.258 e. The highest BCUT2D eigenvalue weighted by molar-refractivity contribution is 5.81. The number of aromatic nitrogens is 1. The fourth-order valence-electron chi connectivity index (χ4n) is 5.27. The first-order chi connectivity index (χ1) is 16.0. The Hall–Kier alpha value is -3.29. The van der Waals surface area contributed by atoms with Gasteiger partial charge < -0.3 is 20.3 Å². The van der Waals surface area contributed by atoms with Crippen LogP contribution in [0.15, 0.2) is 71.5 Å². The number of fused-ring (bicyclic) bond motifs is 4. The number of carbonyl (C=O) groups excluding carboxylic acids is 1. The highest BCUT2D eigenvalue weighted by Gasteiger charge is 2.51. The van der Waals surface area contributed by atoms with Gasteiger partial charge in [0.2, 0.25) is 5.91 Å². The topological polar surface area (TPSA) is 83.4 Å². The highest BCUT2D eigenvalue weighted by atomic mass is 19.1. The predicted molar refractivity (Wildman–Crippen MR) is 123 cm³/mol. The summed E-state index contributed by atoms with van der Waals surface area (Å²) in [6.07, 6.45) is 0. The third kappa shape index (κ3) is 3.67. The number of rotatable bonds is 5. The molecule has 0 radical (unpaired) electrons. The number of benzene rings is 2. The summed E-state index contributed by atoms with van der Waals surface area (Å²) < 4.78 is 16.0. The Kier molecular flexibility index (Phi) is 5.60. The number of nitrogens with one attached hydrogen (secondary N) is 2. The summed E-state index contributed by atoms with van der Waals surface area (Å²) >= 11 is 0. The van der Waals surface area contributed by atoms with Crippen LogP contribution in [-0.4, -0.2) is 28.2 Å². The lowest BCUT2D eigenvalue weighted by atomic mass is 9.86. The van der Waals surface area contributed by atoms with Crippen LogP contribution in [0.2, 0.25) is 0 Å². The predicted octanol–water partition coefficient (Wildman–Crippen LogP) is 2.78. The van der Waals surface area contributed by atoms with Crippen molar-refractivity contribution in [3.63, 3.8) is 0 Å². The molecule has 0 aliphatic carbocycles. The number of aliphatic hydroxyl groups excluding tert-OH is 1. The molecule has 0 spiro atoms. The van der Waals surface area contributed by atoms with E-state index in [9.17, 15) is 19.1 Å². The number of carbonyl (C=O) groups is 1. The van der Waals surface area contributed by atoms with Crippen LogP contribution in [0.5, 0.6) is 0 Å². The van der Waals surface area contributed by atoms with Crippen molar-refractivity contribution < 1.29 is 14.3 Å². The van der Waals surface area contributed by atoms with Gasteiger partial charge >= 0.3 is 0 Å². The molecule has 5 rings (SSSR count). The summed E-state index contributed by atoms with van der Waals surface area (Å²) in [7, 11) is 0. The number of nitrogens with zero attached hydrogens (tertiary/aromatic N) is 1. The first kappa shape index (κ1) is 21.6. The SMILES string of the molecule is C[C@H](NC(=O)[C@H]1[C@H](CO)[C@H]2Cn3c(ccc(-c4ccccc4F)c3=O)[C@@H]1N2)c1ccccc1. The van der Waals surface area contributed by atoms with E-state index in [1.54, 1.807) is 34.9 Å². The average Bonchev–Trinajstić information content (AvgIpc) is 3.13. The lowest BCUT2D eigenvalue weighted by Crippen LogP contribution is -2.43. The molecule has 3 aromatic rings. The van der Waals surface area contributed by atoms with E-state index in [1.165, 1.54) is 6.07 Å². The average molecular weight is 448 g/mol. The van der Waals surface area contributed by atoms with Gasteiger partial charge in [-0.3, -0.25) is 9.59 Å². The van der Waals surface area contributed by atoms with Crippen molar-refractivity contribution >= 4 is 5.91 Å². The monoisotopic (exact) mass is 447 g/mol. The number of aliphatic hydroxyl groups is 1. The van der Waals surface area contributed by atoms with Crippen molar-refractivity contribution in [2.24, 2.45) is 11.8 Å². The van der Waals surface area contributed by atoms with Crippen LogP contribution in [0.25, 0.3) is 11.1 Å². The summed E-state index contributed by atoms with van der Waals surface area (Å²) in [5.74, 6) is -1.48. The van der Waals surface area contributed by atoms with Crippen LogP contribution < -0.4 is 16.2 Å². The zero-order chi connectivity index (χ0) is 23.1. The summed E-state index contributed by atoms with van der Waals surface area (Å²) in [4.78, 5) is 26.7. The molecule has 170 valence electrons. The molecule has 3 N–H and O–H groups in total. The van der Waals surface area contributed by atoms with Gasteiger partial charge in [-0.2, -0.15) is 0 Å². The van der Waals surface area contributed by atoms with E-state index in [4.69, 9.17) is 0 Å². The van der Waals surface area contributed by atoms with E-state index in [2.05, 4.69) is 10.6 Å². The van der Waals surface area contributed by atoms with E-state index in [1.807, 2.05) is 37.3 Å². The maximum absolute atomic E-state index is 14.4. The Morgan fingerprint density at radius 1 is 1.12 bits per heavy atom. The van der Waals surface area contributed by atoms with E-state index in [0.717, 1.165) is 5.56 Å². The summed E-state index contributed by atoms with van der Waals surface area (Å²) in [5, 5.41) is 16.7. The lowest BCUT2D eigenvalue weighted by molar-refractivity contribution is -0.127. The molecule has 3 heterocycles. The molecular formula is C26H26FN3O3. The number of hydrogen-bond acceptors (Lipinski definition) is 4. The Morgan fingerprint density at radius 3 is 2.58 bits per heavy atom. The van der Waals surface area contributed by atoms with Crippen LogP contribution in [-0.2, 0) is 11.3 Å². The van der Waals surface area contributed by atoms with Crippen LogP contribution in [0.3, 0.4) is 0 Å². The minimum atomic E-state index is -0.529. The Labute approximate surface area is 191 Å². The molecule has 6 nitrogen and oxygen atoms in total. The molecule has 1 amide bonds. The van der Waals surface area contributed by atoms with Gasteiger partial charge in [0.05, 0.1) is 23.6 Å². The molecule has 1 fully saturated rings. The fraction of sp³-hybridized carbons (Fsp3) is 0.308. The normalized spacial score (nSPS) is 24.2. The molecule has 2 aliphatic heterocycles. The highest BCUT2D eigenvalue weighted by Crippen LogP contribution is 2.41. The second-order valence-electron chi connectivity index (χ2n) is 8.83. The Bertz CT molecular complexity index is 1240. The third-order valence-electron chi connectivity index (χ3n) is 6.97. The van der Waals surface area contributed by atoms with Gasteiger partial charge in [-0.05, 0) is 30.7 Å². The number of halogens is 1. The molecule has 0 unspecified atom stereocenters. The summed E-state index contributed by atoms with van der Waals surface area (Å²) in [5.41, 5.74) is 1.93. The van der Waals surface area contributed by atoms with Crippen molar-refractivity contribution in [3.05, 3.63) is 94.2 Å². The number of hydrogen-bond donors (Lipinski definition) is 3. The van der Waals surface area contributed by atoms with Gasteiger partial charge in [-0.15, -0.1) is 0 Å². The summed E-state index contributed by atoms with van der Waals surface area (Å²) in [6, 6.07) is 18.5. The second kappa shape index (κ2) is 8.57. The van der Waals surface area contributed by atoms with Crippen molar-refractivity contribution in [2.75, 3.05) is 6.61 Å². The quantitative estimate of drug-likeness (QED) is 0.562. The molecule has 2 bridgehead atoms. The van der Waals surface area contributed by atoms with E-state index in [-0.39, 0.29) is 47.2 Å². The second-order valence-corrected chi connectivity index (χ2v) is 8.83. The minimum Gasteiger partial charge on any atom is -0.396 e. The van der Waals surface area contributed by atoms with Crippen LogP contribution in [0.4, 0.5) is 4.39 Å². The molecule has 7 heteroatoms. The molecule has 2 aromatic carbocycles. The van der Waals surface area contributed by atoms with Gasteiger partial charge in [0, 0.05) is 36.4 Å². The van der Waals surface area contributed by atoms with Gasteiger partial charge in [-0.25, -0.2) is 4.39 Å². The van der Waals surface area contributed by atoms with E-state index in [0.29, 0.717) is 12.2 Å². The molecule has 5 atom stereocenters. The number of pyridine rings is 1. The smallest absolute Gasteiger partial charge is 0.258 e. The molecule has 2 aliphatic rings. The van der Waals surface area contributed by atoms with Gasteiger partial charge in [0.1, 0.15) is 5.82 Å². The molecule has 0 saturated carbocycles. The Morgan fingerprint density at radius 2 is 1.85 bits per heavy atom. The van der Waals surface area contributed by atoms with Gasteiger partial charge in [0.25, 0.3) is 5.56 Å². The van der Waals surface area contributed by atoms with Crippen LogP contribution in [0, 0.1) is 17.7 Å². The van der Waals surface area contributed by atoms with E-state index < -0.39 is 17.8 Å². The zero-order valence-corrected chi connectivity index (χ0v) is 18.2. The molecule has 1 saturated heterocycles. The van der Waals surface area contributed by atoms with Crippen LogP contribution >= 0.6 is 0 Å². The maximum atomic E-state index is 14.4. The third-order valence-corrected chi connectivity index (χ3v) is 6.97. The molecule has 1 aromatic heterocycles. The van der Waals surface area contributed by atoms with Gasteiger partial charge in [-0.1, -0.05) is 48.5 Å². The van der Waals surface area contributed by atoms with Crippen molar-refractivity contribution in [2.45, 2.75) is 31.6 Å². The molecular weight excluding hydrogens is 421 g/mol. The zero-order valence-electron chi connectivity index (χ0n) is 18.2. The summed E-state index contributed by atoms with van der Waals surface area (Å²) in [6.45, 7) is 2.07. The fourth-order valence-corrected chi connectivity index (χ4v) is 5.27. The lowest BCUT2D eigenvalue weighted by Gasteiger charge is -2.28. The van der Waals surface area contributed by atoms with Crippen molar-refractivity contribution in [1.82, 2.24) is 15.2 Å².